The molecule has 8 heteroatoms. The van der Waals surface area contributed by atoms with E-state index in [2.05, 4.69) is 25.0 Å². The van der Waals surface area contributed by atoms with Crippen LogP contribution in [0.2, 0.25) is 0 Å². The Morgan fingerprint density at radius 3 is 2.90 bits per heavy atom. The maximum Gasteiger partial charge on any atom is 0.270 e. The van der Waals surface area contributed by atoms with Crippen LogP contribution in [0.3, 0.4) is 0 Å². The number of hydrogen-bond acceptors (Lipinski definition) is 4. The Bertz CT molecular complexity index is 1320. The highest BCUT2D eigenvalue weighted by atomic mass is 16.2. The molecule has 0 atom stereocenters. The number of likely N-dealkylation sites (tertiary alicyclic amines) is 1. The Hall–Kier alpha value is -3.94. The summed E-state index contributed by atoms with van der Waals surface area (Å²) in [6.07, 6.45) is 7.14. The van der Waals surface area contributed by atoms with Gasteiger partial charge in [-0.15, -0.1) is 0 Å². The minimum atomic E-state index is 0.00200. The Kier molecular flexibility index (Phi) is 3.34. The molecule has 1 amide bonds. The van der Waals surface area contributed by atoms with E-state index in [0.717, 1.165) is 39.2 Å². The molecule has 1 radical (unpaired) electrons. The number of fused-ring (bicyclic) bond motifs is 2. The van der Waals surface area contributed by atoms with Gasteiger partial charge in [-0.3, -0.25) is 9.48 Å². The van der Waals surface area contributed by atoms with Crippen LogP contribution in [0.25, 0.3) is 33.2 Å². The molecule has 6 rings (SSSR count). The lowest BCUT2D eigenvalue weighted by atomic mass is 10.1. The van der Waals surface area contributed by atoms with Crippen LogP contribution in [0, 0.1) is 6.04 Å². The molecule has 5 aromatic rings. The van der Waals surface area contributed by atoms with E-state index in [1.54, 1.807) is 17.4 Å². The minimum absolute atomic E-state index is 0.00200. The van der Waals surface area contributed by atoms with Gasteiger partial charge in [-0.1, -0.05) is 18.2 Å². The lowest BCUT2D eigenvalue weighted by Crippen LogP contribution is -2.51. The molecular weight excluding hydrogens is 366 g/mol. The monoisotopic (exact) mass is 382 g/mol. The second-order valence-electron chi connectivity index (χ2n) is 7.13. The number of H-pyrrole nitrogens is 2. The molecule has 1 fully saturated rings. The van der Waals surface area contributed by atoms with Crippen molar-refractivity contribution >= 4 is 27.8 Å². The van der Waals surface area contributed by atoms with E-state index in [1.807, 2.05) is 53.5 Å². The quantitative estimate of drug-likeness (QED) is 0.502. The molecular formula is C21H16N7O. The van der Waals surface area contributed by atoms with Crippen LogP contribution < -0.4 is 0 Å². The molecule has 4 aromatic heterocycles. The second-order valence-corrected chi connectivity index (χ2v) is 7.13. The molecule has 5 heterocycles. The van der Waals surface area contributed by atoms with Crippen molar-refractivity contribution in [2.75, 3.05) is 13.1 Å². The van der Waals surface area contributed by atoms with E-state index in [1.165, 1.54) is 0 Å². The zero-order valence-electron chi connectivity index (χ0n) is 15.3. The molecule has 0 spiro atoms. The molecule has 1 saturated heterocycles. The lowest BCUT2D eigenvalue weighted by molar-refractivity contribution is 0.0661. The fourth-order valence-corrected chi connectivity index (χ4v) is 3.76. The molecule has 0 bridgehead atoms. The third-order valence-electron chi connectivity index (χ3n) is 5.33. The zero-order chi connectivity index (χ0) is 19.4. The van der Waals surface area contributed by atoms with E-state index in [9.17, 15) is 4.79 Å². The summed E-state index contributed by atoms with van der Waals surface area (Å²) in [6, 6.07) is 12.8. The van der Waals surface area contributed by atoms with E-state index in [0.29, 0.717) is 18.8 Å². The average molecular weight is 382 g/mol. The molecule has 1 aromatic carbocycles. The Morgan fingerprint density at radius 1 is 1.10 bits per heavy atom. The standard InChI is InChI=1S/C21H16N7O/c29-21(18-7-13-3-1-2-4-17(13)26-18)27-10-15(11-27)28-9-14(8-25-28)19-16-5-6-22-20(16)24-12-23-19/h1-9,12,26H,10-11H2,(H,22,23,24). The lowest BCUT2D eigenvalue weighted by Gasteiger charge is -2.37. The maximum atomic E-state index is 12.7. The van der Waals surface area contributed by atoms with Gasteiger partial charge in [0.25, 0.3) is 5.91 Å². The SMILES string of the molecule is O=C(c1cc2ccccc2[nH]1)N1C[C](n2cc(-c3ncnc4[nH]ccc34)cn2)C1. The highest BCUT2D eigenvalue weighted by Gasteiger charge is 2.34. The van der Waals surface area contributed by atoms with Gasteiger partial charge >= 0.3 is 0 Å². The van der Waals surface area contributed by atoms with Crippen LogP contribution >= 0.6 is 0 Å². The van der Waals surface area contributed by atoms with Gasteiger partial charge in [0.1, 0.15) is 23.7 Å². The number of carbonyl (C=O) groups excluding carboxylic acids is 1. The zero-order valence-corrected chi connectivity index (χ0v) is 15.3. The largest absolute Gasteiger partial charge is 0.351 e. The Labute approximate surface area is 165 Å². The molecule has 8 nitrogen and oxygen atoms in total. The molecule has 1 aliphatic heterocycles. The predicted octanol–water partition coefficient (Wildman–Crippen LogP) is 2.84. The number of nitrogens with zero attached hydrogens (tertiary/aromatic N) is 5. The number of aromatic nitrogens is 6. The predicted molar refractivity (Wildman–Crippen MR) is 108 cm³/mol. The van der Waals surface area contributed by atoms with Gasteiger partial charge in [-0.25, -0.2) is 9.97 Å². The second kappa shape index (κ2) is 6.03. The third-order valence-corrected chi connectivity index (χ3v) is 5.33. The number of aromatic amines is 2. The van der Waals surface area contributed by atoms with Crippen molar-refractivity contribution in [3.05, 3.63) is 73.1 Å². The highest BCUT2D eigenvalue weighted by molar-refractivity contribution is 5.98. The molecule has 141 valence electrons. The fraction of sp³-hybridized carbons (Fsp3) is 0.0952. The van der Waals surface area contributed by atoms with Gasteiger partial charge in [0, 0.05) is 34.2 Å². The van der Waals surface area contributed by atoms with Crippen LogP contribution in [0.1, 0.15) is 10.5 Å². The smallest absolute Gasteiger partial charge is 0.270 e. The number of rotatable bonds is 3. The van der Waals surface area contributed by atoms with Crippen LogP contribution in [0.4, 0.5) is 0 Å². The van der Waals surface area contributed by atoms with Crippen molar-refractivity contribution in [2.45, 2.75) is 0 Å². The number of benzene rings is 1. The van der Waals surface area contributed by atoms with Gasteiger partial charge in [-0.2, -0.15) is 5.10 Å². The topological polar surface area (TPSA) is 95.5 Å². The summed E-state index contributed by atoms with van der Waals surface area (Å²) in [5, 5.41) is 6.47. The molecule has 29 heavy (non-hydrogen) atoms. The molecule has 0 aliphatic carbocycles. The number of nitrogens with one attached hydrogen (secondary N) is 2. The highest BCUT2D eigenvalue weighted by Crippen LogP contribution is 2.28. The first-order chi connectivity index (χ1) is 14.3. The Morgan fingerprint density at radius 2 is 2.00 bits per heavy atom. The summed E-state index contributed by atoms with van der Waals surface area (Å²) in [7, 11) is 0. The average Bonchev–Trinajstić information content (AvgIpc) is 3.44. The van der Waals surface area contributed by atoms with Crippen molar-refractivity contribution in [3.63, 3.8) is 0 Å². The fourth-order valence-electron chi connectivity index (χ4n) is 3.76. The molecule has 0 saturated carbocycles. The van der Waals surface area contributed by atoms with Crippen LogP contribution in [-0.4, -0.2) is 53.6 Å². The van der Waals surface area contributed by atoms with Gasteiger partial charge in [0.2, 0.25) is 0 Å². The van der Waals surface area contributed by atoms with Crippen LogP contribution in [0.15, 0.2) is 61.3 Å². The Balaban J connectivity index is 1.20. The number of hydrogen-bond donors (Lipinski definition) is 2. The summed E-state index contributed by atoms with van der Waals surface area (Å²) >= 11 is 0. The van der Waals surface area contributed by atoms with Gasteiger partial charge < -0.3 is 14.9 Å². The van der Waals surface area contributed by atoms with Crippen LogP contribution in [0.5, 0.6) is 0 Å². The van der Waals surface area contributed by atoms with E-state index >= 15 is 0 Å². The summed E-state index contributed by atoms with van der Waals surface area (Å²) < 4.78 is 1.84. The first-order valence-electron chi connectivity index (χ1n) is 9.31. The third kappa shape index (κ3) is 2.53. The molecule has 0 unspecified atom stereocenters. The summed E-state index contributed by atoms with van der Waals surface area (Å²) in [5.74, 6) is 0.00200. The summed E-state index contributed by atoms with van der Waals surface area (Å²) in [6.45, 7) is 1.11. The normalized spacial score (nSPS) is 14.6. The first-order valence-corrected chi connectivity index (χ1v) is 9.31. The summed E-state index contributed by atoms with van der Waals surface area (Å²) in [5.41, 5.74) is 4.15. The van der Waals surface area contributed by atoms with Crippen molar-refractivity contribution in [1.29, 1.82) is 0 Å². The van der Waals surface area contributed by atoms with Gasteiger partial charge in [-0.05, 0) is 18.2 Å². The van der Waals surface area contributed by atoms with E-state index < -0.39 is 0 Å². The van der Waals surface area contributed by atoms with Crippen LogP contribution in [-0.2, 0) is 0 Å². The number of amides is 1. The van der Waals surface area contributed by atoms with Crippen molar-refractivity contribution in [2.24, 2.45) is 0 Å². The number of para-hydroxylation sites is 1. The van der Waals surface area contributed by atoms with Gasteiger partial charge in [0.05, 0.1) is 25.0 Å². The van der Waals surface area contributed by atoms with E-state index in [4.69, 9.17) is 0 Å². The van der Waals surface area contributed by atoms with Crippen molar-refractivity contribution in [3.8, 4) is 11.3 Å². The van der Waals surface area contributed by atoms with Gasteiger partial charge in [0.15, 0.2) is 0 Å². The van der Waals surface area contributed by atoms with Crippen molar-refractivity contribution in [1.82, 2.24) is 34.6 Å². The number of carbonyl (C=O) groups is 1. The van der Waals surface area contributed by atoms with E-state index in [-0.39, 0.29) is 5.91 Å². The molecule has 2 N–H and O–H groups in total. The van der Waals surface area contributed by atoms with Crippen molar-refractivity contribution < 1.29 is 4.79 Å². The first kappa shape index (κ1) is 16.1. The molecule has 1 aliphatic rings. The maximum absolute atomic E-state index is 12.7. The summed E-state index contributed by atoms with van der Waals surface area (Å²) in [4.78, 5) is 29.5. The minimum Gasteiger partial charge on any atom is -0.351 e.